The lowest BCUT2D eigenvalue weighted by molar-refractivity contribution is -0.138. The number of hydrogen-bond donors (Lipinski definition) is 1. The second-order valence-corrected chi connectivity index (χ2v) is 9.73. The summed E-state index contributed by atoms with van der Waals surface area (Å²) in [6.07, 6.45) is 11.3. The number of carbonyl (C=O) groups excluding carboxylic acids is 1. The van der Waals surface area contributed by atoms with Crippen LogP contribution < -0.4 is 0 Å². The Labute approximate surface area is 135 Å². The Kier molecular flexibility index (Phi) is 3.31. The van der Waals surface area contributed by atoms with Crippen LogP contribution in [0, 0.1) is 34.5 Å². The summed E-state index contributed by atoms with van der Waals surface area (Å²) in [4.78, 5) is 12.4. The van der Waals surface area contributed by atoms with Gasteiger partial charge in [0.05, 0.1) is 0 Å². The predicted molar refractivity (Wildman–Crippen MR) is 89.5 cm³/mol. The van der Waals surface area contributed by atoms with Crippen LogP contribution in [0.1, 0.15) is 71.6 Å². The Morgan fingerprint density at radius 1 is 1.00 bits per heavy atom. The van der Waals surface area contributed by atoms with Crippen LogP contribution in [-0.2, 0) is 4.79 Å². The second kappa shape index (κ2) is 4.76. The molecule has 1 nitrogen and oxygen atoms in total. The molecule has 4 rings (SSSR count). The van der Waals surface area contributed by atoms with E-state index in [1.165, 1.54) is 51.4 Å². The largest absolute Gasteiger partial charge is 0.299 e. The number of ketones is 1. The maximum Gasteiger partial charge on any atom is 0.139 e. The van der Waals surface area contributed by atoms with Gasteiger partial charge in [-0.25, -0.2) is 0 Å². The Morgan fingerprint density at radius 2 is 1.81 bits per heavy atom. The summed E-state index contributed by atoms with van der Waals surface area (Å²) in [5.41, 5.74) is 0.597. The molecule has 4 fully saturated rings. The molecule has 7 atom stereocenters. The number of carbonyl (C=O) groups is 1. The van der Waals surface area contributed by atoms with Gasteiger partial charge in [-0.3, -0.25) is 4.79 Å². The van der Waals surface area contributed by atoms with E-state index >= 15 is 0 Å². The van der Waals surface area contributed by atoms with E-state index < -0.39 is 0 Å². The molecule has 0 N–H and O–H groups in total. The van der Waals surface area contributed by atoms with Crippen LogP contribution in [-0.4, -0.2) is 11.0 Å². The van der Waals surface area contributed by atoms with Crippen molar-refractivity contribution < 1.29 is 4.79 Å². The zero-order valence-electron chi connectivity index (χ0n) is 13.6. The summed E-state index contributed by atoms with van der Waals surface area (Å²) in [5, 5.41) is 0.640. The van der Waals surface area contributed by atoms with E-state index in [9.17, 15) is 4.79 Å². The van der Waals surface area contributed by atoms with Crippen molar-refractivity contribution in [2.24, 2.45) is 34.5 Å². The highest BCUT2D eigenvalue weighted by Gasteiger charge is 2.59. The van der Waals surface area contributed by atoms with Crippen molar-refractivity contribution in [3.05, 3.63) is 0 Å². The van der Waals surface area contributed by atoms with E-state index in [0.29, 0.717) is 22.4 Å². The summed E-state index contributed by atoms with van der Waals surface area (Å²) >= 11 is 4.77. The topological polar surface area (TPSA) is 17.1 Å². The van der Waals surface area contributed by atoms with E-state index in [-0.39, 0.29) is 5.41 Å². The molecular weight excluding hydrogens is 276 g/mol. The van der Waals surface area contributed by atoms with Crippen LogP contribution in [0.25, 0.3) is 0 Å². The number of Topliss-reactive ketones (excluding diaryl/α,β-unsaturated/α-hetero) is 1. The third-order valence-corrected chi connectivity index (χ3v) is 8.82. The molecule has 118 valence electrons. The molecule has 21 heavy (non-hydrogen) atoms. The molecular formula is C19H30OS. The average molecular weight is 307 g/mol. The number of thiol groups is 1. The van der Waals surface area contributed by atoms with Gasteiger partial charge < -0.3 is 0 Å². The van der Waals surface area contributed by atoms with Gasteiger partial charge in [-0.1, -0.05) is 13.8 Å². The van der Waals surface area contributed by atoms with Crippen LogP contribution in [0.2, 0.25) is 0 Å². The van der Waals surface area contributed by atoms with Crippen molar-refractivity contribution in [2.75, 3.05) is 0 Å². The second-order valence-electron chi connectivity index (χ2n) is 9.00. The van der Waals surface area contributed by atoms with Crippen LogP contribution in [0.4, 0.5) is 0 Å². The molecule has 0 bridgehead atoms. The van der Waals surface area contributed by atoms with Crippen LogP contribution in [0.15, 0.2) is 0 Å². The Bertz CT molecular complexity index is 460. The summed E-state index contributed by atoms with van der Waals surface area (Å²) < 4.78 is 0. The standard InChI is InChI=1S/C19H30OS/c1-18-9-7-13(21)11-12(18)3-4-14-15-5-6-17(20)19(15,2)10-8-16(14)18/h12-16,21H,3-11H2,1-2H3. The number of hydrogen-bond acceptors (Lipinski definition) is 2. The minimum absolute atomic E-state index is 0.0467. The Balaban J connectivity index is 1.64. The van der Waals surface area contributed by atoms with E-state index in [1.54, 1.807) is 0 Å². The molecule has 2 heteroatoms. The van der Waals surface area contributed by atoms with Gasteiger partial charge in [-0.15, -0.1) is 0 Å². The summed E-state index contributed by atoms with van der Waals surface area (Å²) in [6.45, 7) is 4.88. The van der Waals surface area contributed by atoms with Crippen molar-refractivity contribution in [3.8, 4) is 0 Å². The molecule has 4 aliphatic rings. The van der Waals surface area contributed by atoms with Crippen LogP contribution >= 0.6 is 12.6 Å². The number of rotatable bonds is 0. The van der Waals surface area contributed by atoms with Gasteiger partial charge in [0.15, 0.2) is 0 Å². The molecule has 7 unspecified atom stereocenters. The van der Waals surface area contributed by atoms with E-state index in [2.05, 4.69) is 13.8 Å². The van der Waals surface area contributed by atoms with Crippen molar-refractivity contribution in [3.63, 3.8) is 0 Å². The fourth-order valence-electron chi connectivity index (χ4n) is 7.01. The van der Waals surface area contributed by atoms with Crippen molar-refractivity contribution >= 4 is 18.4 Å². The molecule has 0 aromatic heterocycles. The molecule has 0 spiro atoms. The summed E-state index contributed by atoms with van der Waals surface area (Å²) in [5.74, 6) is 3.91. The zero-order valence-corrected chi connectivity index (χ0v) is 14.5. The van der Waals surface area contributed by atoms with Crippen molar-refractivity contribution in [1.82, 2.24) is 0 Å². The smallest absolute Gasteiger partial charge is 0.139 e. The van der Waals surface area contributed by atoms with Gasteiger partial charge in [-0.2, -0.15) is 12.6 Å². The molecule has 4 aliphatic carbocycles. The molecule has 0 amide bonds. The maximum absolute atomic E-state index is 12.4. The molecule has 4 saturated carbocycles. The quantitative estimate of drug-likeness (QED) is 0.630. The van der Waals surface area contributed by atoms with E-state index in [1.807, 2.05) is 0 Å². The first kappa shape index (κ1) is 14.6. The van der Waals surface area contributed by atoms with Gasteiger partial charge in [0.1, 0.15) is 5.78 Å². The normalized spacial score (nSPS) is 56.5. The summed E-state index contributed by atoms with van der Waals surface area (Å²) in [7, 11) is 0. The maximum atomic E-state index is 12.4. The highest BCUT2D eigenvalue weighted by Crippen LogP contribution is 2.65. The number of fused-ring (bicyclic) bond motifs is 5. The van der Waals surface area contributed by atoms with Gasteiger partial charge in [-0.05, 0) is 80.5 Å². The highest BCUT2D eigenvalue weighted by molar-refractivity contribution is 7.80. The van der Waals surface area contributed by atoms with Crippen LogP contribution in [0.5, 0.6) is 0 Å². The predicted octanol–water partition coefficient (Wildman–Crippen LogP) is 4.90. The molecule has 0 aromatic carbocycles. The van der Waals surface area contributed by atoms with Gasteiger partial charge >= 0.3 is 0 Å². The first-order valence-corrected chi connectivity index (χ1v) is 9.68. The molecule has 0 heterocycles. The monoisotopic (exact) mass is 306 g/mol. The Hall–Kier alpha value is 0.0200. The van der Waals surface area contributed by atoms with E-state index in [4.69, 9.17) is 12.6 Å². The lowest BCUT2D eigenvalue weighted by Crippen LogP contribution is -2.53. The molecule has 0 aliphatic heterocycles. The lowest BCUT2D eigenvalue weighted by atomic mass is 9.45. The highest BCUT2D eigenvalue weighted by atomic mass is 32.1. The lowest BCUT2D eigenvalue weighted by Gasteiger charge is -2.60. The summed E-state index contributed by atoms with van der Waals surface area (Å²) in [6, 6.07) is 0. The van der Waals surface area contributed by atoms with Crippen LogP contribution in [0.3, 0.4) is 0 Å². The van der Waals surface area contributed by atoms with Crippen molar-refractivity contribution in [1.29, 1.82) is 0 Å². The third-order valence-electron chi connectivity index (χ3n) is 8.35. The average Bonchev–Trinajstić information content (AvgIpc) is 2.76. The molecule has 0 radical (unpaired) electrons. The zero-order chi connectivity index (χ0) is 14.8. The fourth-order valence-corrected chi connectivity index (χ4v) is 7.39. The molecule has 0 aromatic rings. The Morgan fingerprint density at radius 3 is 2.62 bits per heavy atom. The van der Waals surface area contributed by atoms with Crippen molar-refractivity contribution in [2.45, 2.75) is 76.9 Å². The SMILES string of the molecule is CC12CCC3C(CCC4CC(S)CCC43C)C1CCC2=O. The minimum atomic E-state index is 0.0467. The van der Waals surface area contributed by atoms with Gasteiger partial charge in [0.25, 0.3) is 0 Å². The van der Waals surface area contributed by atoms with E-state index in [0.717, 1.165) is 24.2 Å². The van der Waals surface area contributed by atoms with Gasteiger partial charge in [0.2, 0.25) is 0 Å². The minimum Gasteiger partial charge on any atom is -0.299 e. The fraction of sp³-hybridized carbons (Fsp3) is 0.947. The first-order chi connectivity index (χ1) is 9.95. The third kappa shape index (κ3) is 1.93. The molecule has 0 saturated heterocycles. The first-order valence-electron chi connectivity index (χ1n) is 9.16. The van der Waals surface area contributed by atoms with Gasteiger partial charge in [0, 0.05) is 17.1 Å².